The van der Waals surface area contributed by atoms with Crippen LogP contribution in [-0.4, -0.2) is 60.7 Å². The fraction of sp³-hybridized carbons (Fsp3) is 0.800. The molecule has 2 aliphatic rings. The lowest BCUT2D eigenvalue weighted by Crippen LogP contribution is -2.48. The van der Waals surface area contributed by atoms with E-state index < -0.39 is 0 Å². The highest BCUT2D eigenvalue weighted by Gasteiger charge is 2.49. The first-order valence-corrected chi connectivity index (χ1v) is 7.93. The van der Waals surface area contributed by atoms with Crippen molar-refractivity contribution in [3.05, 3.63) is 0 Å². The van der Waals surface area contributed by atoms with Crippen molar-refractivity contribution in [3.63, 3.8) is 0 Å². The molecule has 2 rings (SSSR count). The van der Waals surface area contributed by atoms with Gasteiger partial charge in [0.2, 0.25) is 18.2 Å². The summed E-state index contributed by atoms with van der Waals surface area (Å²) in [4.78, 5) is 38.3. The molecule has 2 unspecified atom stereocenters. The van der Waals surface area contributed by atoms with Crippen molar-refractivity contribution in [3.8, 4) is 0 Å². The van der Waals surface area contributed by atoms with Gasteiger partial charge in [0.25, 0.3) is 0 Å². The monoisotopic (exact) mass is 295 g/mol. The van der Waals surface area contributed by atoms with Crippen molar-refractivity contribution in [2.24, 2.45) is 11.8 Å². The Hall–Kier alpha value is -1.59. The lowest BCUT2D eigenvalue weighted by molar-refractivity contribution is -0.137. The Morgan fingerprint density at radius 3 is 2.48 bits per heavy atom. The van der Waals surface area contributed by atoms with E-state index in [1.807, 2.05) is 0 Å². The molecule has 3 amide bonds. The number of unbranched alkanes of at least 4 members (excludes halogenated alkanes) is 2. The Kier molecular flexibility index (Phi) is 5.59. The fourth-order valence-electron chi connectivity index (χ4n) is 2.76. The van der Waals surface area contributed by atoms with Gasteiger partial charge in [0, 0.05) is 32.7 Å². The van der Waals surface area contributed by atoms with Crippen molar-refractivity contribution >= 4 is 18.2 Å². The van der Waals surface area contributed by atoms with Crippen molar-refractivity contribution in [1.82, 2.24) is 15.1 Å². The van der Waals surface area contributed by atoms with Crippen molar-refractivity contribution in [1.29, 1.82) is 0 Å². The Balaban J connectivity index is 1.69. The molecule has 118 valence electrons. The third-order valence-electron chi connectivity index (χ3n) is 4.30. The summed E-state index contributed by atoms with van der Waals surface area (Å²) in [6.45, 7) is 5.19. The highest BCUT2D eigenvalue weighted by Crippen LogP contribution is 2.40. The van der Waals surface area contributed by atoms with Crippen LogP contribution < -0.4 is 5.32 Å². The minimum absolute atomic E-state index is 0.0241. The normalized spacial score (nSPS) is 24.6. The first-order chi connectivity index (χ1) is 10.2. The highest BCUT2D eigenvalue weighted by molar-refractivity contribution is 5.92. The number of carbonyl (C=O) groups excluding carboxylic acids is 3. The molecule has 6 heteroatoms. The Morgan fingerprint density at radius 2 is 1.86 bits per heavy atom. The predicted octanol–water partition coefficient (Wildman–Crippen LogP) is 0.230. The number of nitrogens with zero attached hydrogens (tertiary/aromatic N) is 2. The smallest absolute Gasteiger partial charge is 0.226 e. The second-order valence-electron chi connectivity index (χ2n) is 5.91. The Labute approximate surface area is 125 Å². The molecule has 1 aliphatic carbocycles. The highest BCUT2D eigenvalue weighted by atomic mass is 16.2. The van der Waals surface area contributed by atoms with Gasteiger partial charge in [-0.15, -0.1) is 0 Å². The number of hydrogen-bond donors (Lipinski definition) is 1. The third kappa shape index (κ3) is 4.19. The fourth-order valence-corrected chi connectivity index (χ4v) is 2.76. The van der Waals surface area contributed by atoms with Crippen LogP contribution in [0, 0.1) is 11.8 Å². The van der Waals surface area contributed by atoms with Crippen LogP contribution in [0.2, 0.25) is 0 Å². The summed E-state index contributed by atoms with van der Waals surface area (Å²) < 4.78 is 0. The van der Waals surface area contributed by atoms with Gasteiger partial charge in [0.05, 0.1) is 11.8 Å². The first kappa shape index (κ1) is 15.8. The molecule has 1 heterocycles. The van der Waals surface area contributed by atoms with Crippen LogP contribution in [0.3, 0.4) is 0 Å². The number of amides is 3. The van der Waals surface area contributed by atoms with Gasteiger partial charge in [-0.3, -0.25) is 14.4 Å². The third-order valence-corrected chi connectivity index (χ3v) is 4.30. The van der Waals surface area contributed by atoms with E-state index in [0.29, 0.717) is 39.1 Å². The van der Waals surface area contributed by atoms with Gasteiger partial charge >= 0.3 is 0 Å². The molecular formula is C15H25N3O3. The van der Waals surface area contributed by atoms with Crippen LogP contribution in [0.25, 0.3) is 0 Å². The molecular weight excluding hydrogens is 270 g/mol. The van der Waals surface area contributed by atoms with E-state index in [2.05, 4.69) is 12.2 Å². The second kappa shape index (κ2) is 7.43. The molecule has 1 N–H and O–H groups in total. The molecule has 1 saturated carbocycles. The minimum Gasteiger partial charge on any atom is -0.356 e. The molecule has 0 bridgehead atoms. The van der Waals surface area contributed by atoms with Gasteiger partial charge in [0.1, 0.15) is 0 Å². The summed E-state index contributed by atoms with van der Waals surface area (Å²) >= 11 is 0. The van der Waals surface area contributed by atoms with Gasteiger partial charge < -0.3 is 15.1 Å². The van der Waals surface area contributed by atoms with Crippen LogP contribution in [-0.2, 0) is 14.4 Å². The molecule has 6 nitrogen and oxygen atoms in total. The van der Waals surface area contributed by atoms with E-state index in [1.165, 1.54) is 0 Å². The van der Waals surface area contributed by atoms with Gasteiger partial charge in [-0.2, -0.15) is 0 Å². The Bertz CT molecular complexity index is 392. The molecule has 1 aliphatic heterocycles. The summed E-state index contributed by atoms with van der Waals surface area (Å²) in [5.41, 5.74) is 0. The van der Waals surface area contributed by atoms with E-state index in [-0.39, 0.29) is 23.7 Å². The van der Waals surface area contributed by atoms with Crippen LogP contribution in [0.15, 0.2) is 0 Å². The molecule has 2 atom stereocenters. The van der Waals surface area contributed by atoms with Crippen LogP contribution in [0.5, 0.6) is 0 Å². The van der Waals surface area contributed by atoms with Crippen molar-refractivity contribution < 1.29 is 14.4 Å². The first-order valence-electron chi connectivity index (χ1n) is 7.93. The van der Waals surface area contributed by atoms with Crippen molar-refractivity contribution in [2.45, 2.75) is 32.6 Å². The summed E-state index contributed by atoms with van der Waals surface area (Å²) in [5, 5.41) is 2.92. The van der Waals surface area contributed by atoms with Crippen LogP contribution in [0.1, 0.15) is 32.6 Å². The van der Waals surface area contributed by atoms with E-state index in [4.69, 9.17) is 0 Å². The lowest BCUT2D eigenvalue weighted by Gasteiger charge is -2.32. The summed E-state index contributed by atoms with van der Waals surface area (Å²) in [6, 6.07) is 0. The quantitative estimate of drug-likeness (QED) is 0.540. The van der Waals surface area contributed by atoms with E-state index in [0.717, 1.165) is 25.7 Å². The molecule has 21 heavy (non-hydrogen) atoms. The molecule has 0 aromatic carbocycles. The molecule has 0 spiro atoms. The zero-order chi connectivity index (χ0) is 15.2. The maximum atomic E-state index is 12.3. The zero-order valence-electron chi connectivity index (χ0n) is 12.7. The summed E-state index contributed by atoms with van der Waals surface area (Å²) in [7, 11) is 0. The Morgan fingerprint density at radius 1 is 1.14 bits per heavy atom. The second-order valence-corrected chi connectivity index (χ2v) is 5.91. The molecule has 0 aromatic rings. The number of rotatable bonds is 7. The topological polar surface area (TPSA) is 69.7 Å². The molecule has 1 saturated heterocycles. The van der Waals surface area contributed by atoms with E-state index in [1.54, 1.807) is 9.80 Å². The van der Waals surface area contributed by atoms with Crippen LogP contribution >= 0.6 is 0 Å². The largest absolute Gasteiger partial charge is 0.356 e. The number of nitrogens with one attached hydrogen (secondary N) is 1. The van der Waals surface area contributed by atoms with Crippen LogP contribution in [0.4, 0.5) is 0 Å². The number of piperazine rings is 1. The molecule has 0 radical (unpaired) electrons. The zero-order valence-corrected chi connectivity index (χ0v) is 12.7. The van der Waals surface area contributed by atoms with Gasteiger partial charge in [0.15, 0.2) is 0 Å². The average molecular weight is 295 g/mol. The predicted molar refractivity (Wildman–Crippen MR) is 78.3 cm³/mol. The molecule has 0 aromatic heterocycles. The van der Waals surface area contributed by atoms with Crippen molar-refractivity contribution in [2.75, 3.05) is 32.7 Å². The maximum Gasteiger partial charge on any atom is 0.226 e. The SMILES string of the molecule is CCCCCNC(=O)C1CC1C(=O)N1CCN(C=O)CC1. The molecule has 2 fully saturated rings. The standard InChI is InChI=1S/C15H25N3O3/c1-2-3-4-5-16-14(20)12-10-13(12)15(21)18-8-6-17(11-19)7-9-18/h11-13H,2-10H2,1H3,(H,16,20). The van der Waals surface area contributed by atoms with E-state index >= 15 is 0 Å². The number of hydrogen-bond acceptors (Lipinski definition) is 3. The lowest BCUT2D eigenvalue weighted by atomic mass is 10.2. The number of carbonyl (C=O) groups is 3. The van der Waals surface area contributed by atoms with Gasteiger partial charge in [-0.25, -0.2) is 0 Å². The average Bonchev–Trinajstić information content (AvgIpc) is 3.31. The maximum absolute atomic E-state index is 12.3. The minimum atomic E-state index is -0.140. The van der Waals surface area contributed by atoms with E-state index in [9.17, 15) is 14.4 Å². The summed E-state index contributed by atoms with van der Waals surface area (Å²) in [5.74, 6) is -0.174. The summed E-state index contributed by atoms with van der Waals surface area (Å²) in [6.07, 6.45) is 4.75. The van der Waals surface area contributed by atoms with Gasteiger partial charge in [-0.1, -0.05) is 19.8 Å². The van der Waals surface area contributed by atoms with Gasteiger partial charge in [-0.05, 0) is 12.8 Å².